The fourth-order valence-corrected chi connectivity index (χ4v) is 6.83. The number of rotatable bonds is 13. The van der Waals surface area contributed by atoms with Gasteiger partial charge >= 0.3 is 5.97 Å². The number of aromatic nitrogens is 1. The zero-order valence-electron chi connectivity index (χ0n) is 27.5. The number of carbonyl (C=O) groups is 2. The van der Waals surface area contributed by atoms with Crippen LogP contribution in [-0.4, -0.2) is 75.9 Å². The highest BCUT2D eigenvalue weighted by Gasteiger charge is 2.45. The molecule has 4 aromatic rings. The van der Waals surface area contributed by atoms with Crippen molar-refractivity contribution in [1.29, 1.82) is 0 Å². The minimum Gasteiger partial charge on any atom is -0.506 e. The van der Waals surface area contributed by atoms with E-state index in [0.717, 1.165) is 25.9 Å². The number of nitrogens with one attached hydrogen (secondary N) is 3. The Bertz CT molecular complexity index is 1820. The number of fused-ring (bicyclic) bond motifs is 4. The van der Waals surface area contributed by atoms with Crippen LogP contribution in [0.5, 0.6) is 5.75 Å². The second-order valence-corrected chi connectivity index (χ2v) is 12.7. The maximum Gasteiger partial charge on any atom is 0.348 e. The third-order valence-electron chi connectivity index (χ3n) is 9.52. The zero-order valence-corrected chi connectivity index (χ0v) is 29.2. The van der Waals surface area contributed by atoms with Gasteiger partial charge < -0.3 is 35.7 Å². The SMILES string of the molecule is Cl.Cl.O=C(CCCCNC[C@H](O)c1ccc(O)c2[nH]c(=O)ccc12)Nc1cccc(C(O)(C(=O)O[C@@H]2CN3CCC2CC3)c2ccccc2)c1. The minimum atomic E-state index is -2.05. The van der Waals surface area contributed by atoms with Crippen molar-refractivity contribution in [3.8, 4) is 5.75 Å². The molecular formula is C37H44Cl2N4O7. The van der Waals surface area contributed by atoms with Gasteiger partial charge in [0.05, 0.1) is 11.6 Å². The maximum absolute atomic E-state index is 13.8. The minimum absolute atomic E-state index is 0. The fraction of sp³-hybridized carbons (Fsp3) is 0.378. The van der Waals surface area contributed by atoms with E-state index in [1.807, 2.05) is 6.07 Å². The van der Waals surface area contributed by atoms with E-state index in [1.165, 1.54) is 12.1 Å². The van der Waals surface area contributed by atoms with Crippen LogP contribution >= 0.6 is 24.8 Å². The summed E-state index contributed by atoms with van der Waals surface area (Å²) in [5, 5.41) is 39.5. The Balaban J connectivity index is 0.00000281. The van der Waals surface area contributed by atoms with Gasteiger partial charge in [0.2, 0.25) is 17.1 Å². The molecule has 3 aliphatic rings. The van der Waals surface area contributed by atoms with Crippen LogP contribution in [0.15, 0.2) is 83.7 Å². The smallest absolute Gasteiger partial charge is 0.348 e. The molecular weight excluding hydrogens is 683 g/mol. The normalized spacial score (nSPS) is 19.8. The molecule has 3 aromatic carbocycles. The van der Waals surface area contributed by atoms with E-state index < -0.39 is 17.7 Å². The van der Waals surface area contributed by atoms with Crippen LogP contribution in [0, 0.1) is 5.92 Å². The Labute approximate surface area is 302 Å². The highest BCUT2D eigenvalue weighted by molar-refractivity contribution is 5.92. The summed E-state index contributed by atoms with van der Waals surface area (Å²) in [6.45, 7) is 3.51. The number of hydrogen-bond acceptors (Lipinski definition) is 9. The molecule has 1 aromatic heterocycles. The largest absolute Gasteiger partial charge is 0.506 e. The number of aromatic amines is 1. The first-order valence-electron chi connectivity index (χ1n) is 16.6. The first kappa shape index (κ1) is 38.8. The van der Waals surface area contributed by atoms with E-state index in [0.29, 0.717) is 53.7 Å². The Morgan fingerprint density at radius 3 is 2.42 bits per heavy atom. The summed E-state index contributed by atoms with van der Waals surface area (Å²) in [5.41, 5.74) is -0.351. The molecule has 7 rings (SSSR count). The Morgan fingerprint density at radius 2 is 1.70 bits per heavy atom. The number of aliphatic hydroxyl groups excluding tert-OH is 1. The van der Waals surface area contributed by atoms with E-state index in [-0.39, 0.29) is 72.5 Å². The van der Waals surface area contributed by atoms with Gasteiger partial charge in [-0.2, -0.15) is 0 Å². The Morgan fingerprint density at radius 1 is 0.960 bits per heavy atom. The first-order valence-corrected chi connectivity index (χ1v) is 16.6. The number of piperidine rings is 3. The molecule has 0 radical (unpaired) electrons. The molecule has 13 heteroatoms. The number of amides is 1. The summed E-state index contributed by atoms with van der Waals surface area (Å²) in [4.78, 5) is 43.1. The number of halogens is 2. The Hall–Kier alpha value is -3.97. The van der Waals surface area contributed by atoms with Crippen LogP contribution in [0.2, 0.25) is 0 Å². The number of phenolic OH excluding ortho intramolecular Hbond substituents is 1. The molecule has 1 unspecified atom stereocenters. The highest BCUT2D eigenvalue weighted by atomic mass is 35.5. The second kappa shape index (κ2) is 17.3. The molecule has 3 saturated heterocycles. The zero-order chi connectivity index (χ0) is 33.7. The molecule has 3 fully saturated rings. The van der Waals surface area contributed by atoms with Crippen molar-refractivity contribution in [3.63, 3.8) is 0 Å². The van der Waals surface area contributed by atoms with Crippen LogP contribution in [0.3, 0.4) is 0 Å². The Kier molecular flexibility index (Phi) is 13.4. The number of esters is 1. The topological polar surface area (TPSA) is 164 Å². The van der Waals surface area contributed by atoms with Crippen LogP contribution in [0.25, 0.3) is 10.9 Å². The molecule has 6 N–H and O–H groups in total. The van der Waals surface area contributed by atoms with Gasteiger partial charge in [-0.1, -0.05) is 48.5 Å². The van der Waals surface area contributed by atoms with Crippen molar-refractivity contribution in [2.45, 2.75) is 49.9 Å². The number of ether oxygens (including phenoxy) is 1. The fourth-order valence-electron chi connectivity index (χ4n) is 6.83. The lowest BCUT2D eigenvalue weighted by molar-refractivity contribution is -0.177. The third-order valence-corrected chi connectivity index (χ3v) is 9.52. The summed E-state index contributed by atoms with van der Waals surface area (Å²) in [6.07, 6.45) is 2.35. The average Bonchev–Trinajstić information content (AvgIpc) is 3.10. The average molecular weight is 728 g/mol. The van der Waals surface area contributed by atoms with Gasteiger partial charge in [0.25, 0.3) is 0 Å². The van der Waals surface area contributed by atoms with Crippen LogP contribution in [0.4, 0.5) is 5.69 Å². The van der Waals surface area contributed by atoms with E-state index in [2.05, 4.69) is 20.5 Å². The maximum atomic E-state index is 13.8. The number of phenols is 1. The van der Waals surface area contributed by atoms with Crippen molar-refractivity contribution >= 4 is 53.3 Å². The summed E-state index contributed by atoms with van der Waals surface area (Å²) >= 11 is 0. The van der Waals surface area contributed by atoms with Gasteiger partial charge in [-0.05, 0) is 86.6 Å². The third kappa shape index (κ3) is 8.66. The first-order chi connectivity index (χ1) is 23.2. The van der Waals surface area contributed by atoms with Gasteiger partial charge in [0.15, 0.2) is 0 Å². The molecule has 3 aliphatic heterocycles. The van der Waals surface area contributed by atoms with E-state index in [4.69, 9.17) is 4.74 Å². The number of hydrogen-bond donors (Lipinski definition) is 6. The number of aliphatic hydroxyl groups is 2. The number of pyridine rings is 1. The van der Waals surface area contributed by atoms with Gasteiger partial charge in [-0.15, -0.1) is 24.8 Å². The lowest BCUT2D eigenvalue weighted by Gasteiger charge is -2.44. The van der Waals surface area contributed by atoms with E-state index in [9.17, 15) is 29.7 Å². The quantitative estimate of drug-likeness (QED) is 0.0867. The molecule has 1 amide bonds. The second-order valence-electron chi connectivity index (χ2n) is 12.7. The molecule has 0 spiro atoms. The van der Waals surface area contributed by atoms with Crippen LogP contribution < -0.4 is 16.2 Å². The van der Waals surface area contributed by atoms with Gasteiger partial charge in [0, 0.05) is 42.2 Å². The van der Waals surface area contributed by atoms with Gasteiger partial charge in [-0.25, -0.2) is 4.79 Å². The van der Waals surface area contributed by atoms with Crippen molar-refractivity contribution in [1.82, 2.24) is 15.2 Å². The van der Waals surface area contributed by atoms with Crippen LogP contribution in [0.1, 0.15) is 54.9 Å². The summed E-state index contributed by atoms with van der Waals surface area (Å²) in [6, 6.07) is 21.5. The lowest BCUT2D eigenvalue weighted by Crippen LogP contribution is -2.53. The van der Waals surface area contributed by atoms with Gasteiger partial charge in [-0.3, -0.25) is 14.5 Å². The molecule has 2 bridgehead atoms. The standard InChI is InChI=1S/C37H42N4O7.2ClH/c42-30-14-12-28(29-13-15-34(45)40-35(29)30)31(43)22-38-18-5-4-11-33(44)39-27-10-6-9-26(21-27)37(47,25-7-2-1-3-8-25)36(46)48-32-23-41-19-16-24(32)17-20-41;;/h1-3,6-10,12-15,21,24,31-32,38,42-43,47H,4-5,11,16-20,22-23H2,(H,39,44)(H,40,45);2*1H/t31-,32+,37?;;/m0../s1. The summed E-state index contributed by atoms with van der Waals surface area (Å²) in [5.74, 6) is -0.694. The number of aromatic hydroxyl groups is 1. The van der Waals surface area contributed by atoms with Crippen molar-refractivity contribution in [3.05, 3.63) is 106 Å². The monoisotopic (exact) mass is 726 g/mol. The predicted octanol–water partition coefficient (Wildman–Crippen LogP) is 4.38. The van der Waals surface area contributed by atoms with E-state index in [1.54, 1.807) is 60.7 Å². The number of H-pyrrole nitrogens is 1. The molecule has 0 saturated carbocycles. The number of carbonyl (C=O) groups excluding carboxylic acids is 2. The van der Waals surface area contributed by atoms with Crippen molar-refractivity contribution < 1.29 is 29.6 Å². The molecule has 50 heavy (non-hydrogen) atoms. The summed E-state index contributed by atoms with van der Waals surface area (Å²) < 4.78 is 6.01. The highest BCUT2D eigenvalue weighted by Crippen LogP contribution is 2.36. The number of anilines is 1. The number of unbranched alkanes of at least 4 members (excludes halogenated alkanes) is 1. The van der Waals surface area contributed by atoms with Crippen LogP contribution in [-0.2, 0) is 19.9 Å². The van der Waals surface area contributed by atoms with Crippen molar-refractivity contribution in [2.75, 3.05) is 38.0 Å². The molecule has 268 valence electrons. The summed E-state index contributed by atoms with van der Waals surface area (Å²) in [7, 11) is 0. The van der Waals surface area contributed by atoms with E-state index >= 15 is 0 Å². The molecule has 3 atom stereocenters. The molecule has 11 nitrogen and oxygen atoms in total. The predicted molar refractivity (Wildman–Crippen MR) is 196 cm³/mol. The molecule has 4 heterocycles. The van der Waals surface area contributed by atoms with Crippen molar-refractivity contribution in [2.24, 2.45) is 5.92 Å². The molecule has 0 aliphatic carbocycles. The number of benzene rings is 3. The van der Waals surface area contributed by atoms with Gasteiger partial charge in [0.1, 0.15) is 11.9 Å². The number of nitrogens with zero attached hydrogens (tertiary/aromatic N) is 1. The lowest BCUT2D eigenvalue weighted by atomic mass is 9.84.